The Morgan fingerprint density at radius 3 is 2.76 bits per heavy atom. The van der Waals surface area contributed by atoms with E-state index in [1.54, 1.807) is 5.51 Å². The van der Waals surface area contributed by atoms with Crippen LogP contribution in [0, 0.1) is 17.0 Å². The van der Waals surface area contributed by atoms with E-state index in [2.05, 4.69) is 15.1 Å². The summed E-state index contributed by atoms with van der Waals surface area (Å²) in [5.41, 5.74) is 3.38. The Labute approximate surface area is 124 Å². The van der Waals surface area contributed by atoms with Gasteiger partial charge in [0.05, 0.1) is 22.1 Å². The van der Waals surface area contributed by atoms with Crippen LogP contribution in [0.1, 0.15) is 22.2 Å². The predicted octanol–water partition coefficient (Wildman–Crippen LogP) is 1.87. The first kappa shape index (κ1) is 14.9. The molecule has 0 saturated heterocycles. The Bertz CT molecular complexity index is 629. The average molecular weight is 307 g/mol. The molecule has 0 aliphatic carbocycles. The van der Waals surface area contributed by atoms with Crippen molar-refractivity contribution in [1.82, 2.24) is 10.3 Å². The number of amides is 1. The maximum absolute atomic E-state index is 11.8. The van der Waals surface area contributed by atoms with E-state index in [0.29, 0.717) is 0 Å². The number of aryl methyl sites for hydroxylation is 1. The first-order valence-electron chi connectivity index (χ1n) is 6.09. The minimum atomic E-state index is -0.991. The van der Waals surface area contributed by atoms with Crippen molar-refractivity contribution in [3.05, 3.63) is 62.1 Å². The number of rotatable bonds is 6. The number of hydrogen-bond donors (Lipinski definition) is 1. The normalized spacial score (nSPS) is 11.7. The molecule has 1 unspecified atom stereocenters. The van der Waals surface area contributed by atoms with Crippen LogP contribution in [0.25, 0.3) is 0 Å². The zero-order valence-corrected chi connectivity index (χ0v) is 12.0. The zero-order valence-electron chi connectivity index (χ0n) is 11.2. The molecule has 0 aliphatic heterocycles. The third-order valence-electron chi connectivity index (χ3n) is 2.78. The van der Waals surface area contributed by atoms with Crippen molar-refractivity contribution in [2.45, 2.75) is 13.0 Å². The second-order valence-electron chi connectivity index (χ2n) is 4.21. The van der Waals surface area contributed by atoms with Gasteiger partial charge in [0.25, 0.3) is 5.09 Å². The Morgan fingerprint density at radius 1 is 1.48 bits per heavy atom. The highest BCUT2D eigenvalue weighted by Gasteiger charge is 2.20. The molecule has 21 heavy (non-hydrogen) atoms. The molecule has 1 heterocycles. The lowest BCUT2D eigenvalue weighted by Gasteiger charge is -2.18. The second kappa shape index (κ2) is 6.80. The van der Waals surface area contributed by atoms with E-state index in [0.717, 1.165) is 16.1 Å². The third-order valence-corrected chi connectivity index (χ3v) is 3.78. The number of carbonyl (C=O) groups excluding carboxylic acids is 1. The number of carbonyl (C=O) groups is 1. The maximum Gasteiger partial charge on any atom is 0.295 e. The van der Waals surface area contributed by atoms with Crippen LogP contribution in [0.5, 0.6) is 0 Å². The van der Waals surface area contributed by atoms with Crippen molar-refractivity contribution in [2.75, 3.05) is 6.61 Å². The molecule has 0 aliphatic rings. The molecule has 1 atom stereocenters. The van der Waals surface area contributed by atoms with Gasteiger partial charge in [0.15, 0.2) is 6.61 Å². The Balaban J connectivity index is 2.19. The van der Waals surface area contributed by atoms with Gasteiger partial charge in [-0.1, -0.05) is 30.3 Å². The lowest BCUT2D eigenvalue weighted by molar-refractivity contribution is -0.754. The molecule has 1 N–H and O–H groups in total. The summed E-state index contributed by atoms with van der Waals surface area (Å²) < 4.78 is 0. The lowest BCUT2D eigenvalue weighted by Crippen LogP contribution is -2.33. The highest BCUT2D eigenvalue weighted by atomic mass is 32.1. The molecule has 2 rings (SSSR count). The molecule has 8 heteroatoms. The van der Waals surface area contributed by atoms with Crippen molar-refractivity contribution in [3.63, 3.8) is 0 Å². The summed E-state index contributed by atoms with van der Waals surface area (Å²) in [7, 11) is 0. The number of nitrogens with zero attached hydrogens (tertiary/aromatic N) is 2. The van der Waals surface area contributed by atoms with E-state index in [4.69, 9.17) is 0 Å². The van der Waals surface area contributed by atoms with Crippen LogP contribution in [0.3, 0.4) is 0 Å². The molecule has 110 valence electrons. The predicted molar refractivity (Wildman–Crippen MR) is 76.2 cm³/mol. The molecule has 0 fully saturated rings. The van der Waals surface area contributed by atoms with Gasteiger partial charge in [-0.2, -0.15) is 0 Å². The topological polar surface area (TPSA) is 94.4 Å². The fourth-order valence-electron chi connectivity index (χ4n) is 1.85. The van der Waals surface area contributed by atoms with Crippen LogP contribution in [0.15, 0.2) is 35.8 Å². The van der Waals surface area contributed by atoms with E-state index in [-0.39, 0.29) is 0 Å². The zero-order chi connectivity index (χ0) is 15.2. The highest BCUT2D eigenvalue weighted by molar-refractivity contribution is 7.09. The van der Waals surface area contributed by atoms with E-state index in [1.807, 2.05) is 37.3 Å². The molecule has 7 nitrogen and oxygen atoms in total. The largest absolute Gasteiger partial charge is 0.343 e. The molecule has 0 bridgehead atoms. The summed E-state index contributed by atoms with van der Waals surface area (Å²) in [6.45, 7) is 1.22. The van der Waals surface area contributed by atoms with Crippen LogP contribution < -0.4 is 5.32 Å². The summed E-state index contributed by atoms with van der Waals surface area (Å²) in [5.74, 6) is -0.562. The van der Waals surface area contributed by atoms with Crippen molar-refractivity contribution in [1.29, 1.82) is 0 Å². The van der Waals surface area contributed by atoms with Gasteiger partial charge in [0.2, 0.25) is 5.91 Å². The Hall–Kier alpha value is -2.48. The minimum absolute atomic E-state index is 0.401. The summed E-state index contributed by atoms with van der Waals surface area (Å²) in [6, 6.07) is 8.94. The fraction of sp³-hybridized carbons (Fsp3) is 0.231. The maximum atomic E-state index is 11.8. The van der Waals surface area contributed by atoms with E-state index >= 15 is 0 Å². The molecule has 0 radical (unpaired) electrons. The van der Waals surface area contributed by atoms with Crippen LogP contribution in [0.4, 0.5) is 0 Å². The van der Waals surface area contributed by atoms with Gasteiger partial charge < -0.3 is 10.2 Å². The third kappa shape index (κ3) is 3.99. The van der Waals surface area contributed by atoms with Gasteiger partial charge in [0.1, 0.15) is 0 Å². The molecule has 0 spiro atoms. The highest BCUT2D eigenvalue weighted by Crippen LogP contribution is 2.27. The van der Waals surface area contributed by atoms with Gasteiger partial charge in [0, 0.05) is 0 Å². The SMILES string of the molecule is Cc1ncsc1C(NC(=O)CO[N+](=O)[O-])c1ccccc1. The average Bonchev–Trinajstić information content (AvgIpc) is 2.89. The number of nitrogens with one attached hydrogen (secondary N) is 1. The lowest BCUT2D eigenvalue weighted by atomic mass is 10.0. The Morgan fingerprint density at radius 2 is 2.19 bits per heavy atom. The van der Waals surface area contributed by atoms with Gasteiger partial charge in [-0.05, 0) is 12.5 Å². The molecule has 2 aromatic rings. The summed E-state index contributed by atoms with van der Waals surface area (Å²) in [6.07, 6.45) is 0. The summed E-state index contributed by atoms with van der Waals surface area (Å²) >= 11 is 1.42. The number of aromatic nitrogens is 1. The van der Waals surface area contributed by atoms with Gasteiger partial charge in [-0.25, -0.2) is 4.98 Å². The van der Waals surface area contributed by atoms with Crippen molar-refractivity contribution in [3.8, 4) is 0 Å². The summed E-state index contributed by atoms with van der Waals surface area (Å²) in [4.78, 5) is 31.1. The van der Waals surface area contributed by atoms with E-state index in [9.17, 15) is 14.9 Å². The van der Waals surface area contributed by atoms with Gasteiger partial charge >= 0.3 is 0 Å². The molecule has 1 amide bonds. The first-order chi connectivity index (χ1) is 10.1. The van der Waals surface area contributed by atoms with Gasteiger partial charge in [-0.15, -0.1) is 21.5 Å². The molecular formula is C13H13N3O4S. The molecular weight excluding hydrogens is 294 g/mol. The number of hydrogen-bond acceptors (Lipinski definition) is 6. The van der Waals surface area contributed by atoms with Gasteiger partial charge in [-0.3, -0.25) is 4.79 Å². The van der Waals surface area contributed by atoms with Crippen molar-refractivity contribution < 1.29 is 14.7 Å². The van der Waals surface area contributed by atoms with Crippen LogP contribution in [0.2, 0.25) is 0 Å². The van der Waals surface area contributed by atoms with Crippen LogP contribution in [-0.2, 0) is 9.63 Å². The van der Waals surface area contributed by atoms with Crippen molar-refractivity contribution >= 4 is 17.2 Å². The fourth-order valence-corrected chi connectivity index (χ4v) is 2.73. The summed E-state index contributed by atoms with van der Waals surface area (Å²) in [5, 5.41) is 11.9. The second-order valence-corrected chi connectivity index (χ2v) is 5.10. The quantitative estimate of drug-likeness (QED) is 0.649. The number of thiazole rings is 1. The smallest absolute Gasteiger partial charge is 0.295 e. The number of benzene rings is 1. The first-order valence-corrected chi connectivity index (χ1v) is 6.97. The van der Waals surface area contributed by atoms with E-state index < -0.39 is 23.6 Å². The standard InChI is InChI=1S/C13H13N3O4S/c1-9-13(21-8-14-9)12(10-5-3-2-4-6-10)15-11(17)7-20-16(18)19/h2-6,8,12H,7H2,1H3,(H,15,17). The monoisotopic (exact) mass is 307 g/mol. The molecule has 1 aromatic carbocycles. The minimum Gasteiger partial charge on any atom is -0.343 e. The molecule has 0 saturated carbocycles. The Kier molecular flexibility index (Phi) is 4.83. The van der Waals surface area contributed by atoms with E-state index in [1.165, 1.54) is 11.3 Å². The van der Waals surface area contributed by atoms with Crippen molar-refractivity contribution in [2.24, 2.45) is 0 Å². The molecule has 1 aromatic heterocycles. The van der Waals surface area contributed by atoms with Crippen LogP contribution >= 0.6 is 11.3 Å². The van der Waals surface area contributed by atoms with Crippen LogP contribution in [-0.4, -0.2) is 22.6 Å².